The Labute approximate surface area is 183 Å². The first-order chi connectivity index (χ1) is 15.1. The van der Waals surface area contributed by atoms with Crippen molar-refractivity contribution in [2.45, 2.75) is 39.2 Å². The van der Waals surface area contributed by atoms with Gasteiger partial charge in [-0.15, -0.1) is 0 Å². The van der Waals surface area contributed by atoms with Gasteiger partial charge in [-0.1, -0.05) is 43.3 Å². The third kappa shape index (κ3) is 4.41. The summed E-state index contributed by atoms with van der Waals surface area (Å²) in [5, 5.41) is 13.5. The fourth-order valence-electron chi connectivity index (χ4n) is 4.22. The lowest BCUT2D eigenvalue weighted by Crippen LogP contribution is -2.44. The summed E-state index contributed by atoms with van der Waals surface area (Å²) >= 11 is 0. The molecule has 1 atom stereocenters. The number of anilines is 1. The van der Waals surface area contributed by atoms with E-state index in [1.807, 2.05) is 30.3 Å². The van der Waals surface area contributed by atoms with Gasteiger partial charge < -0.3 is 15.3 Å². The van der Waals surface area contributed by atoms with Gasteiger partial charge in [-0.2, -0.15) is 0 Å². The second kappa shape index (κ2) is 9.21. The minimum Gasteiger partial charge on any atom is -0.507 e. The summed E-state index contributed by atoms with van der Waals surface area (Å²) in [4.78, 5) is 19.8. The quantitative estimate of drug-likeness (QED) is 0.599. The first-order valence-corrected chi connectivity index (χ1v) is 11.0. The number of carbonyl (C=O) groups is 1. The number of nitrogens with one attached hydrogen (secondary N) is 1. The summed E-state index contributed by atoms with van der Waals surface area (Å²) in [6.07, 6.45) is 2.68. The Morgan fingerprint density at radius 1 is 1.13 bits per heavy atom. The zero-order valence-electron chi connectivity index (χ0n) is 18.1. The number of phenolic OH excluding ortho intramolecular Hbond substituents is 1. The van der Waals surface area contributed by atoms with Gasteiger partial charge in [-0.25, -0.2) is 4.98 Å². The van der Waals surface area contributed by atoms with E-state index < -0.39 is 0 Å². The lowest BCUT2D eigenvalue weighted by atomic mass is 9.99. The van der Waals surface area contributed by atoms with Crippen LogP contribution in [0, 0.1) is 6.92 Å². The van der Waals surface area contributed by atoms with Crippen LogP contribution in [0.5, 0.6) is 5.75 Å². The average Bonchev–Trinajstić information content (AvgIpc) is 3.28. The number of rotatable bonds is 6. The molecule has 0 bridgehead atoms. The zero-order valence-corrected chi connectivity index (χ0v) is 18.1. The largest absolute Gasteiger partial charge is 0.507 e. The van der Waals surface area contributed by atoms with Crippen molar-refractivity contribution < 1.29 is 9.90 Å². The molecule has 0 saturated carbocycles. The van der Waals surface area contributed by atoms with Crippen LogP contribution in [-0.4, -0.2) is 35.1 Å². The number of benzene rings is 2. The highest BCUT2D eigenvalue weighted by Gasteiger charge is 2.32. The predicted molar refractivity (Wildman–Crippen MR) is 125 cm³/mol. The Bertz CT molecular complexity index is 1020. The Morgan fingerprint density at radius 2 is 1.87 bits per heavy atom. The number of aromatic nitrogens is 1. The van der Waals surface area contributed by atoms with E-state index in [1.165, 1.54) is 5.56 Å². The van der Waals surface area contributed by atoms with Gasteiger partial charge in [0.1, 0.15) is 17.6 Å². The third-order valence-corrected chi connectivity index (χ3v) is 5.85. The molecule has 2 N–H and O–H groups in total. The summed E-state index contributed by atoms with van der Waals surface area (Å²) < 4.78 is 0. The SMILES string of the molecule is CCCNC(=O)[C@@H]1CCCN1c1cc(-c2ccccc2C)cc(-c2ccccc2O)n1. The van der Waals surface area contributed by atoms with Gasteiger partial charge >= 0.3 is 0 Å². The molecule has 31 heavy (non-hydrogen) atoms. The molecule has 0 radical (unpaired) electrons. The summed E-state index contributed by atoms with van der Waals surface area (Å²) in [6.45, 7) is 5.61. The second-order valence-electron chi connectivity index (χ2n) is 8.07. The molecule has 0 unspecified atom stereocenters. The highest BCUT2D eigenvalue weighted by molar-refractivity contribution is 5.86. The first-order valence-electron chi connectivity index (χ1n) is 11.0. The zero-order chi connectivity index (χ0) is 21.8. The molecule has 160 valence electrons. The van der Waals surface area contributed by atoms with Gasteiger partial charge in [0.2, 0.25) is 5.91 Å². The lowest BCUT2D eigenvalue weighted by Gasteiger charge is -2.26. The monoisotopic (exact) mass is 415 g/mol. The number of carbonyl (C=O) groups excluding carboxylic acids is 1. The van der Waals surface area contributed by atoms with Crippen molar-refractivity contribution in [3.8, 4) is 28.1 Å². The van der Waals surface area contributed by atoms with Crippen molar-refractivity contribution in [3.63, 3.8) is 0 Å². The molecule has 0 spiro atoms. The van der Waals surface area contributed by atoms with Crippen LogP contribution in [0.2, 0.25) is 0 Å². The van der Waals surface area contributed by atoms with Crippen LogP contribution in [0.3, 0.4) is 0 Å². The number of aromatic hydroxyl groups is 1. The molecule has 2 aromatic carbocycles. The number of phenols is 1. The number of aryl methyl sites for hydroxylation is 1. The maximum Gasteiger partial charge on any atom is 0.242 e. The molecule has 5 heteroatoms. The van der Waals surface area contributed by atoms with E-state index in [0.717, 1.165) is 42.8 Å². The van der Waals surface area contributed by atoms with Crippen LogP contribution >= 0.6 is 0 Å². The van der Waals surface area contributed by atoms with Crippen LogP contribution in [0.15, 0.2) is 60.7 Å². The van der Waals surface area contributed by atoms with Crippen LogP contribution in [0.4, 0.5) is 5.82 Å². The molecule has 1 amide bonds. The molecule has 1 aliphatic rings. The van der Waals surface area contributed by atoms with Gasteiger partial charge in [0, 0.05) is 18.7 Å². The first kappa shape index (κ1) is 20.9. The maximum atomic E-state index is 12.8. The minimum absolute atomic E-state index is 0.0616. The summed E-state index contributed by atoms with van der Waals surface area (Å²) in [6, 6.07) is 19.4. The fourth-order valence-corrected chi connectivity index (χ4v) is 4.22. The Morgan fingerprint density at radius 3 is 2.61 bits per heavy atom. The molecule has 0 aliphatic carbocycles. The molecule has 2 heterocycles. The number of hydrogen-bond donors (Lipinski definition) is 2. The minimum atomic E-state index is -0.219. The fraction of sp³-hybridized carbons (Fsp3) is 0.308. The number of pyridine rings is 1. The molecule has 1 fully saturated rings. The van der Waals surface area contributed by atoms with Crippen LogP contribution in [0.1, 0.15) is 31.7 Å². The normalized spacial score (nSPS) is 15.8. The topological polar surface area (TPSA) is 65.5 Å². The standard InChI is InChI=1S/C26H29N3O2/c1-3-14-27-26(31)23-12-8-15-29(23)25-17-19(20-10-5-4-9-18(20)2)16-22(28-25)21-11-6-7-13-24(21)30/h4-7,9-11,13,16-17,23,30H,3,8,12,14-15H2,1-2H3,(H,27,31)/t23-/m0/s1. The van der Waals surface area contributed by atoms with Crippen molar-refractivity contribution in [1.29, 1.82) is 0 Å². The Hall–Kier alpha value is -3.34. The van der Waals surface area contributed by atoms with Gasteiger partial charge in [0.25, 0.3) is 0 Å². The maximum absolute atomic E-state index is 12.8. The van der Waals surface area contributed by atoms with Crippen molar-refractivity contribution in [1.82, 2.24) is 10.3 Å². The highest BCUT2D eigenvalue weighted by atomic mass is 16.3. The lowest BCUT2D eigenvalue weighted by molar-refractivity contribution is -0.122. The van der Waals surface area contributed by atoms with E-state index >= 15 is 0 Å². The van der Waals surface area contributed by atoms with E-state index in [4.69, 9.17) is 4.98 Å². The second-order valence-corrected chi connectivity index (χ2v) is 8.07. The van der Waals surface area contributed by atoms with Gasteiger partial charge in [0.15, 0.2) is 0 Å². The molecule has 3 aromatic rings. The number of hydrogen-bond acceptors (Lipinski definition) is 4. The number of para-hydroxylation sites is 1. The molecule has 5 nitrogen and oxygen atoms in total. The van der Waals surface area contributed by atoms with Crippen LogP contribution < -0.4 is 10.2 Å². The Balaban J connectivity index is 1.81. The van der Waals surface area contributed by atoms with E-state index in [1.54, 1.807) is 12.1 Å². The average molecular weight is 416 g/mol. The number of amides is 1. The summed E-state index contributed by atoms with van der Waals surface area (Å²) in [7, 11) is 0. The van der Waals surface area contributed by atoms with Crippen molar-refractivity contribution in [3.05, 3.63) is 66.2 Å². The van der Waals surface area contributed by atoms with E-state index in [9.17, 15) is 9.90 Å². The smallest absolute Gasteiger partial charge is 0.242 e. The highest BCUT2D eigenvalue weighted by Crippen LogP contribution is 2.36. The van der Waals surface area contributed by atoms with Gasteiger partial charge in [-0.05, 0) is 67.1 Å². The van der Waals surface area contributed by atoms with Crippen molar-refractivity contribution in [2.75, 3.05) is 18.0 Å². The molecular weight excluding hydrogens is 386 g/mol. The molecule has 1 saturated heterocycles. The summed E-state index contributed by atoms with van der Waals surface area (Å²) in [5.74, 6) is 1.03. The van der Waals surface area contributed by atoms with Gasteiger partial charge in [0.05, 0.1) is 5.69 Å². The van der Waals surface area contributed by atoms with Crippen molar-refractivity contribution in [2.24, 2.45) is 0 Å². The molecule has 1 aromatic heterocycles. The van der Waals surface area contributed by atoms with E-state index in [0.29, 0.717) is 17.8 Å². The molecule has 1 aliphatic heterocycles. The third-order valence-electron chi connectivity index (χ3n) is 5.85. The Kier molecular flexibility index (Phi) is 6.21. The molecule has 4 rings (SSSR count). The van der Waals surface area contributed by atoms with E-state index in [-0.39, 0.29) is 17.7 Å². The summed E-state index contributed by atoms with van der Waals surface area (Å²) in [5.41, 5.74) is 4.70. The van der Waals surface area contributed by atoms with E-state index in [2.05, 4.69) is 42.3 Å². The van der Waals surface area contributed by atoms with Gasteiger partial charge in [-0.3, -0.25) is 4.79 Å². The van der Waals surface area contributed by atoms with Crippen LogP contribution in [-0.2, 0) is 4.79 Å². The predicted octanol–water partition coefficient (Wildman–Crippen LogP) is 4.92. The molecular formula is C26H29N3O2. The van der Waals surface area contributed by atoms with Crippen LogP contribution in [0.25, 0.3) is 22.4 Å². The van der Waals surface area contributed by atoms with Crippen molar-refractivity contribution >= 4 is 11.7 Å². The number of nitrogens with zero attached hydrogens (tertiary/aromatic N) is 2.